The van der Waals surface area contributed by atoms with E-state index in [9.17, 15) is 0 Å². The van der Waals surface area contributed by atoms with Gasteiger partial charge in [-0.15, -0.1) is 0 Å². The van der Waals surface area contributed by atoms with Crippen molar-refractivity contribution in [2.75, 3.05) is 7.11 Å². The van der Waals surface area contributed by atoms with Crippen molar-refractivity contribution in [1.82, 2.24) is 4.98 Å². The summed E-state index contributed by atoms with van der Waals surface area (Å²) in [6.07, 6.45) is 1.82. The zero-order valence-corrected chi connectivity index (χ0v) is 10.1. The lowest BCUT2D eigenvalue weighted by atomic mass is 10.0. The summed E-state index contributed by atoms with van der Waals surface area (Å²) in [5.41, 5.74) is 3.26. The van der Waals surface area contributed by atoms with Crippen LogP contribution >= 0.6 is 0 Å². The molecule has 2 aromatic carbocycles. The van der Waals surface area contributed by atoms with E-state index >= 15 is 0 Å². The Kier molecular flexibility index (Phi) is 2.69. The lowest BCUT2D eigenvalue weighted by molar-refractivity contribution is 0.415. The van der Waals surface area contributed by atoms with Crippen molar-refractivity contribution in [2.24, 2.45) is 0 Å². The van der Waals surface area contributed by atoms with Gasteiger partial charge in [0.1, 0.15) is 5.75 Å². The molecule has 3 rings (SSSR count). The number of fused-ring (bicyclic) bond motifs is 1. The maximum absolute atomic E-state index is 5.36. The lowest BCUT2D eigenvalue weighted by Gasteiger charge is -2.09. The Balaban J connectivity index is 2.33. The number of ether oxygens (including phenoxy) is 1. The van der Waals surface area contributed by atoms with Crippen LogP contribution in [0, 0.1) is 0 Å². The first-order valence-corrected chi connectivity index (χ1v) is 5.86. The van der Waals surface area contributed by atoms with Gasteiger partial charge in [0, 0.05) is 17.1 Å². The normalized spacial score (nSPS) is 10.5. The number of pyridine rings is 1. The van der Waals surface area contributed by atoms with Crippen LogP contribution in [0.2, 0.25) is 0 Å². The summed E-state index contributed by atoms with van der Waals surface area (Å²) in [6, 6.07) is 18.3. The van der Waals surface area contributed by atoms with E-state index in [1.165, 1.54) is 0 Å². The first-order valence-electron chi connectivity index (χ1n) is 5.86. The molecule has 1 aromatic heterocycles. The largest absolute Gasteiger partial charge is 0.497 e. The van der Waals surface area contributed by atoms with E-state index in [4.69, 9.17) is 4.74 Å². The van der Waals surface area contributed by atoms with Crippen LogP contribution in [0.5, 0.6) is 5.75 Å². The number of methoxy groups -OCH3 is 1. The van der Waals surface area contributed by atoms with Crippen molar-refractivity contribution in [3.05, 3.63) is 60.8 Å². The summed E-state index contributed by atoms with van der Waals surface area (Å²) in [4.78, 5) is 4.48. The Morgan fingerprint density at radius 3 is 2.56 bits per heavy atom. The molecule has 0 aliphatic rings. The molecule has 0 atom stereocenters. The molecule has 0 N–H and O–H groups in total. The Hall–Kier alpha value is -2.35. The molecule has 1 heterocycles. The van der Waals surface area contributed by atoms with Gasteiger partial charge < -0.3 is 4.74 Å². The van der Waals surface area contributed by atoms with Gasteiger partial charge in [-0.1, -0.05) is 36.4 Å². The fourth-order valence-electron chi connectivity index (χ4n) is 2.12. The van der Waals surface area contributed by atoms with Crippen LogP contribution in [0.1, 0.15) is 0 Å². The quantitative estimate of drug-likeness (QED) is 0.671. The average molecular weight is 235 g/mol. The highest BCUT2D eigenvalue weighted by Gasteiger charge is 2.07. The Morgan fingerprint density at radius 2 is 1.78 bits per heavy atom. The van der Waals surface area contributed by atoms with E-state index in [2.05, 4.69) is 23.2 Å². The minimum Gasteiger partial charge on any atom is -0.497 e. The van der Waals surface area contributed by atoms with Crippen LogP contribution in [-0.2, 0) is 0 Å². The summed E-state index contributed by atoms with van der Waals surface area (Å²) in [7, 11) is 1.69. The maximum Gasteiger partial charge on any atom is 0.120 e. The highest BCUT2D eigenvalue weighted by atomic mass is 16.5. The van der Waals surface area contributed by atoms with Gasteiger partial charge in [0.15, 0.2) is 0 Å². The van der Waals surface area contributed by atoms with E-state index in [1.807, 2.05) is 42.6 Å². The molecule has 0 spiro atoms. The van der Waals surface area contributed by atoms with Crippen molar-refractivity contribution in [3.63, 3.8) is 0 Å². The number of aromatic nitrogens is 1. The van der Waals surface area contributed by atoms with Gasteiger partial charge >= 0.3 is 0 Å². The monoisotopic (exact) mass is 235 g/mol. The van der Waals surface area contributed by atoms with Gasteiger partial charge in [0.2, 0.25) is 0 Å². The molecule has 0 aliphatic carbocycles. The summed E-state index contributed by atoms with van der Waals surface area (Å²) < 4.78 is 5.36. The van der Waals surface area contributed by atoms with Gasteiger partial charge in [0.25, 0.3) is 0 Å². The second-order valence-corrected chi connectivity index (χ2v) is 4.12. The standard InChI is InChI=1S/C16H13NO/c1-18-14-10-13-8-5-9-17-16(13)15(11-14)12-6-3-2-4-7-12/h2-11H,1H3. The number of hydrogen-bond donors (Lipinski definition) is 0. The van der Waals surface area contributed by atoms with Crippen LogP contribution in [0.3, 0.4) is 0 Å². The zero-order valence-electron chi connectivity index (χ0n) is 10.1. The molecule has 0 saturated carbocycles. The minimum absolute atomic E-state index is 0.856. The predicted octanol–water partition coefficient (Wildman–Crippen LogP) is 3.91. The van der Waals surface area contributed by atoms with E-state index < -0.39 is 0 Å². The molecule has 0 unspecified atom stereocenters. The average Bonchev–Trinajstić information content (AvgIpc) is 2.47. The Bertz CT molecular complexity index is 677. The van der Waals surface area contributed by atoms with Crippen molar-refractivity contribution in [2.45, 2.75) is 0 Å². The molecule has 0 fully saturated rings. The molecule has 18 heavy (non-hydrogen) atoms. The number of nitrogens with zero attached hydrogens (tertiary/aromatic N) is 1. The van der Waals surface area contributed by atoms with Crippen LogP contribution in [0.25, 0.3) is 22.0 Å². The molecule has 0 saturated heterocycles. The van der Waals surface area contributed by atoms with E-state index in [1.54, 1.807) is 7.11 Å². The molecule has 2 nitrogen and oxygen atoms in total. The van der Waals surface area contributed by atoms with Gasteiger partial charge in [-0.3, -0.25) is 4.98 Å². The van der Waals surface area contributed by atoms with E-state index in [0.717, 1.165) is 27.8 Å². The second-order valence-electron chi connectivity index (χ2n) is 4.12. The molecule has 3 aromatic rings. The first-order chi connectivity index (χ1) is 8.88. The Morgan fingerprint density at radius 1 is 0.944 bits per heavy atom. The van der Waals surface area contributed by atoms with Gasteiger partial charge in [-0.25, -0.2) is 0 Å². The van der Waals surface area contributed by atoms with Crippen LogP contribution in [0.4, 0.5) is 0 Å². The summed E-state index contributed by atoms with van der Waals surface area (Å²) in [5, 5.41) is 1.09. The molecule has 88 valence electrons. The minimum atomic E-state index is 0.856. The molecule has 0 radical (unpaired) electrons. The number of benzene rings is 2. The fraction of sp³-hybridized carbons (Fsp3) is 0.0625. The summed E-state index contributed by atoms with van der Waals surface area (Å²) >= 11 is 0. The summed E-state index contributed by atoms with van der Waals surface area (Å²) in [5.74, 6) is 0.856. The third-order valence-electron chi connectivity index (χ3n) is 3.00. The predicted molar refractivity (Wildman–Crippen MR) is 73.7 cm³/mol. The van der Waals surface area contributed by atoms with Crippen molar-refractivity contribution >= 4 is 10.9 Å². The lowest BCUT2D eigenvalue weighted by Crippen LogP contribution is -1.88. The third-order valence-corrected chi connectivity index (χ3v) is 3.00. The van der Waals surface area contributed by atoms with Gasteiger partial charge in [0.05, 0.1) is 12.6 Å². The van der Waals surface area contributed by atoms with Crippen molar-refractivity contribution in [1.29, 1.82) is 0 Å². The number of rotatable bonds is 2. The topological polar surface area (TPSA) is 22.1 Å². The van der Waals surface area contributed by atoms with E-state index in [0.29, 0.717) is 0 Å². The first kappa shape index (κ1) is 10.8. The fourth-order valence-corrected chi connectivity index (χ4v) is 2.12. The third kappa shape index (κ3) is 1.82. The second kappa shape index (κ2) is 4.49. The SMILES string of the molecule is COc1cc(-c2ccccc2)c2ncccc2c1. The highest BCUT2D eigenvalue weighted by molar-refractivity contribution is 5.94. The van der Waals surface area contributed by atoms with Crippen LogP contribution < -0.4 is 4.74 Å². The van der Waals surface area contributed by atoms with Crippen molar-refractivity contribution in [3.8, 4) is 16.9 Å². The van der Waals surface area contributed by atoms with E-state index in [-0.39, 0.29) is 0 Å². The smallest absolute Gasteiger partial charge is 0.120 e. The zero-order chi connectivity index (χ0) is 12.4. The molecular formula is C16H13NO. The van der Waals surface area contributed by atoms with Gasteiger partial charge in [-0.05, 0) is 23.8 Å². The van der Waals surface area contributed by atoms with Crippen LogP contribution in [-0.4, -0.2) is 12.1 Å². The highest BCUT2D eigenvalue weighted by Crippen LogP contribution is 2.31. The molecule has 0 amide bonds. The number of hydrogen-bond acceptors (Lipinski definition) is 2. The molecule has 0 aliphatic heterocycles. The maximum atomic E-state index is 5.36. The van der Waals surface area contributed by atoms with Crippen LogP contribution in [0.15, 0.2) is 60.8 Å². The molecule has 2 heteroatoms. The molecular weight excluding hydrogens is 222 g/mol. The van der Waals surface area contributed by atoms with Gasteiger partial charge in [-0.2, -0.15) is 0 Å². The Labute approximate surface area is 106 Å². The summed E-state index contributed by atoms with van der Waals surface area (Å²) in [6.45, 7) is 0. The van der Waals surface area contributed by atoms with Crippen molar-refractivity contribution < 1.29 is 4.74 Å². The molecule has 0 bridgehead atoms.